The summed E-state index contributed by atoms with van der Waals surface area (Å²) in [6.07, 6.45) is 0. The summed E-state index contributed by atoms with van der Waals surface area (Å²) in [4.78, 5) is 1.91. The van der Waals surface area contributed by atoms with Crippen LogP contribution in [0.4, 0.5) is 0 Å². The average molecular weight is 126 g/mol. The van der Waals surface area contributed by atoms with Gasteiger partial charge in [0.1, 0.15) is 0 Å². The van der Waals surface area contributed by atoms with E-state index in [-0.39, 0.29) is 0 Å². The molecule has 0 aliphatic rings. The summed E-state index contributed by atoms with van der Waals surface area (Å²) in [5.41, 5.74) is 0.940. The lowest BCUT2D eigenvalue weighted by Gasteiger charge is -2.16. The molecular weight excluding hydrogens is 112 g/mol. The van der Waals surface area contributed by atoms with E-state index in [1.54, 1.807) is 0 Å². The zero-order chi connectivity index (χ0) is 7.44. The standard InChI is InChI=1S/C7H14N2/c1-6(2)7(5-8)9(3)4/h6,8H,1-4H3. The second-order valence-electron chi connectivity index (χ2n) is 2.56. The first-order chi connectivity index (χ1) is 4.09. The van der Waals surface area contributed by atoms with Gasteiger partial charge < -0.3 is 4.90 Å². The SMILES string of the molecule is CC(C)C(=C=N)N(C)C. The van der Waals surface area contributed by atoms with Crippen LogP contribution in [0.2, 0.25) is 0 Å². The molecule has 0 bridgehead atoms. The van der Waals surface area contributed by atoms with Crippen molar-refractivity contribution >= 4 is 5.87 Å². The zero-order valence-corrected chi connectivity index (χ0v) is 6.52. The second-order valence-corrected chi connectivity index (χ2v) is 2.56. The van der Waals surface area contributed by atoms with E-state index < -0.39 is 0 Å². The number of rotatable bonds is 2. The topological polar surface area (TPSA) is 27.1 Å². The van der Waals surface area contributed by atoms with Crippen LogP contribution in [0.15, 0.2) is 5.70 Å². The highest BCUT2D eigenvalue weighted by Gasteiger charge is 2.02. The van der Waals surface area contributed by atoms with E-state index in [0.29, 0.717) is 5.92 Å². The third kappa shape index (κ3) is 2.34. The minimum Gasteiger partial charge on any atom is -0.373 e. The quantitative estimate of drug-likeness (QED) is 0.555. The van der Waals surface area contributed by atoms with Gasteiger partial charge in [-0.25, -0.2) is 0 Å². The maximum Gasteiger partial charge on any atom is 0.0774 e. The molecular formula is C7H14N2. The molecule has 0 spiro atoms. The molecule has 9 heavy (non-hydrogen) atoms. The molecule has 0 atom stereocenters. The van der Waals surface area contributed by atoms with Crippen molar-refractivity contribution in [2.24, 2.45) is 5.92 Å². The first kappa shape index (κ1) is 8.25. The summed E-state index contributed by atoms with van der Waals surface area (Å²) in [6, 6.07) is 0. The van der Waals surface area contributed by atoms with E-state index in [9.17, 15) is 0 Å². The van der Waals surface area contributed by atoms with Crippen LogP contribution in [-0.2, 0) is 0 Å². The Hall–Kier alpha value is -0.750. The first-order valence-electron chi connectivity index (χ1n) is 3.06. The maximum atomic E-state index is 6.89. The summed E-state index contributed by atoms with van der Waals surface area (Å²) in [5.74, 6) is 2.79. The maximum absolute atomic E-state index is 6.89. The Morgan fingerprint density at radius 2 is 1.89 bits per heavy atom. The Morgan fingerprint density at radius 3 is 1.89 bits per heavy atom. The van der Waals surface area contributed by atoms with E-state index in [2.05, 4.69) is 19.7 Å². The number of hydrogen-bond acceptors (Lipinski definition) is 2. The Labute approximate surface area is 56.7 Å². The Bertz CT molecular complexity index is 120. The van der Waals surface area contributed by atoms with Gasteiger partial charge >= 0.3 is 0 Å². The van der Waals surface area contributed by atoms with Gasteiger partial charge in [-0.3, -0.25) is 5.41 Å². The molecule has 0 saturated heterocycles. The average Bonchev–Trinajstić information content (AvgIpc) is 1.64. The molecule has 0 radical (unpaired) electrons. The fraction of sp³-hybridized carbons (Fsp3) is 0.714. The third-order valence-corrected chi connectivity index (χ3v) is 1.16. The van der Waals surface area contributed by atoms with Crippen LogP contribution in [0, 0.1) is 11.3 Å². The van der Waals surface area contributed by atoms with Crippen molar-refractivity contribution in [3.05, 3.63) is 5.70 Å². The van der Waals surface area contributed by atoms with Crippen LogP contribution in [0.25, 0.3) is 0 Å². The molecule has 0 amide bonds. The molecule has 0 fully saturated rings. The highest BCUT2D eigenvalue weighted by molar-refractivity contribution is 5.53. The molecule has 0 aromatic heterocycles. The highest BCUT2D eigenvalue weighted by Crippen LogP contribution is 2.06. The van der Waals surface area contributed by atoms with Gasteiger partial charge in [-0.2, -0.15) is 0 Å². The summed E-state index contributed by atoms with van der Waals surface area (Å²) in [5, 5.41) is 6.89. The van der Waals surface area contributed by atoms with E-state index in [1.165, 1.54) is 0 Å². The van der Waals surface area contributed by atoms with Gasteiger partial charge in [0.15, 0.2) is 0 Å². The summed E-state index contributed by atoms with van der Waals surface area (Å²) in [7, 11) is 3.85. The molecule has 52 valence electrons. The summed E-state index contributed by atoms with van der Waals surface area (Å²) < 4.78 is 0. The van der Waals surface area contributed by atoms with Crippen molar-refractivity contribution in [2.75, 3.05) is 14.1 Å². The molecule has 0 rings (SSSR count). The van der Waals surface area contributed by atoms with E-state index in [1.807, 2.05) is 19.0 Å². The molecule has 2 nitrogen and oxygen atoms in total. The molecule has 0 aromatic carbocycles. The number of allylic oxidation sites excluding steroid dienone is 1. The summed E-state index contributed by atoms with van der Waals surface area (Å²) in [6.45, 7) is 4.10. The van der Waals surface area contributed by atoms with E-state index >= 15 is 0 Å². The van der Waals surface area contributed by atoms with Crippen LogP contribution in [0.5, 0.6) is 0 Å². The van der Waals surface area contributed by atoms with Crippen LogP contribution >= 0.6 is 0 Å². The molecule has 0 saturated carbocycles. The molecule has 0 heterocycles. The summed E-state index contributed by atoms with van der Waals surface area (Å²) >= 11 is 0. The Balaban J connectivity index is 4.19. The predicted molar refractivity (Wildman–Crippen MR) is 39.8 cm³/mol. The van der Waals surface area contributed by atoms with Gasteiger partial charge in [0.25, 0.3) is 0 Å². The normalized spacial score (nSPS) is 9.00. The lowest BCUT2D eigenvalue weighted by molar-refractivity contribution is 0.455. The lowest BCUT2D eigenvalue weighted by atomic mass is 10.1. The van der Waals surface area contributed by atoms with Crippen molar-refractivity contribution in [3.63, 3.8) is 0 Å². The van der Waals surface area contributed by atoms with Crippen molar-refractivity contribution in [3.8, 4) is 0 Å². The van der Waals surface area contributed by atoms with Crippen LogP contribution < -0.4 is 0 Å². The van der Waals surface area contributed by atoms with Crippen molar-refractivity contribution < 1.29 is 0 Å². The number of nitrogens with one attached hydrogen (secondary N) is 1. The monoisotopic (exact) mass is 126 g/mol. The molecule has 2 heteroatoms. The lowest BCUT2D eigenvalue weighted by Crippen LogP contribution is -2.15. The highest BCUT2D eigenvalue weighted by atomic mass is 15.1. The molecule has 0 aromatic rings. The third-order valence-electron chi connectivity index (χ3n) is 1.16. The second kappa shape index (κ2) is 3.31. The largest absolute Gasteiger partial charge is 0.373 e. The van der Waals surface area contributed by atoms with Crippen molar-refractivity contribution in [1.29, 1.82) is 5.41 Å². The molecule has 0 aliphatic carbocycles. The number of nitrogens with zero attached hydrogens (tertiary/aromatic N) is 1. The van der Waals surface area contributed by atoms with Crippen molar-refractivity contribution in [2.45, 2.75) is 13.8 Å². The van der Waals surface area contributed by atoms with Gasteiger partial charge in [0, 0.05) is 20.0 Å². The van der Waals surface area contributed by atoms with Crippen LogP contribution in [-0.4, -0.2) is 24.9 Å². The van der Waals surface area contributed by atoms with Gasteiger partial charge in [-0.15, -0.1) is 0 Å². The van der Waals surface area contributed by atoms with Gasteiger partial charge in [0.05, 0.1) is 5.70 Å². The van der Waals surface area contributed by atoms with Gasteiger partial charge in [-0.05, 0) is 5.87 Å². The number of hydrogen-bond donors (Lipinski definition) is 1. The smallest absolute Gasteiger partial charge is 0.0774 e. The Kier molecular flexibility index (Phi) is 3.03. The van der Waals surface area contributed by atoms with Gasteiger partial charge in [-0.1, -0.05) is 13.8 Å². The molecule has 1 N–H and O–H groups in total. The molecule has 0 aliphatic heterocycles. The van der Waals surface area contributed by atoms with Crippen LogP contribution in [0.1, 0.15) is 13.8 Å². The van der Waals surface area contributed by atoms with E-state index in [0.717, 1.165) is 5.70 Å². The van der Waals surface area contributed by atoms with Crippen LogP contribution in [0.3, 0.4) is 0 Å². The fourth-order valence-electron chi connectivity index (χ4n) is 0.773. The first-order valence-corrected chi connectivity index (χ1v) is 3.06. The van der Waals surface area contributed by atoms with Crippen molar-refractivity contribution in [1.82, 2.24) is 4.90 Å². The minimum atomic E-state index is 0.400. The minimum absolute atomic E-state index is 0.400. The van der Waals surface area contributed by atoms with E-state index in [4.69, 9.17) is 5.41 Å². The van der Waals surface area contributed by atoms with Gasteiger partial charge in [0.2, 0.25) is 0 Å². The predicted octanol–water partition coefficient (Wildman–Crippen LogP) is 1.34. The fourth-order valence-corrected chi connectivity index (χ4v) is 0.773. The molecule has 0 unspecified atom stereocenters. The Morgan fingerprint density at radius 1 is 1.44 bits per heavy atom. The zero-order valence-electron chi connectivity index (χ0n) is 6.52.